The Morgan fingerprint density at radius 1 is 1.03 bits per heavy atom. The lowest BCUT2D eigenvalue weighted by atomic mass is 9.97. The maximum Gasteiger partial charge on any atom is 0.238 e. The maximum absolute atomic E-state index is 11.4. The van der Waals surface area contributed by atoms with Crippen molar-refractivity contribution in [3.63, 3.8) is 0 Å². The monoisotopic (exact) mass is 415 g/mol. The summed E-state index contributed by atoms with van der Waals surface area (Å²) in [6.07, 6.45) is 1.71. The molecule has 0 fully saturated rings. The van der Waals surface area contributed by atoms with E-state index in [9.17, 15) is 13.7 Å². The quantitative estimate of drug-likeness (QED) is 0.522. The van der Waals surface area contributed by atoms with Crippen LogP contribution in [0.15, 0.2) is 71.8 Å². The van der Waals surface area contributed by atoms with Crippen molar-refractivity contribution in [2.75, 3.05) is 5.32 Å². The Balaban J connectivity index is 1.68. The number of hydrogen-bond acceptors (Lipinski definition) is 6. The Kier molecular flexibility index (Phi) is 4.91. The van der Waals surface area contributed by atoms with Crippen molar-refractivity contribution < 1.29 is 8.42 Å². The van der Waals surface area contributed by atoms with Gasteiger partial charge in [-0.15, -0.1) is 0 Å². The molecule has 30 heavy (non-hydrogen) atoms. The van der Waals surface area contributed by atoms with E-state index in [1.54, 1.807) is 24.4 Å². The lowest BCUT2D eigenvalue weighted by Crippen LogP contribution is -2.11. The number of nitrogens with zero attached hydrogens (tertiary/aromatic N) is 3. The van der Waals surface area contributed by atoms with Crippen LogP contribution >= 0.6 is 0 Å². The molecule has 1 heterocycles. The highest BCUT2D eigenvalue weighted by Crippen LogP contribution is 2.28. The number of aromatic nitrogens is 2. The molecule has 3 N–H and O–H groups in total. The molecule has 0 amide bonds. The molecular formula is C22H17N5O2S. The second kappa shape index (κ2) is 7.55. The minimum Gasteiger partial charge on any atom is -0.324 e. The lowest BCUT2D eigenvalue weighted by molar-refractivity contribution is 0.598. The Morgan fingerprint density at radius 3 is 2.50 bits per heavy atom. The molecule has 0 aliphatic heterocycles. The van der Waals surface area contributed by atoms with E-state index in [-0.39, 0.29) is 4.90 Å². The summed E-state index contributed by atoms with van der Waals surface area (Å²) >= 11 is 0. The number of benzene rings is 3. The maximum atomic E-state index is 11.4. The van der Waals surface area contributed by atoms with Gasteiger partial charge in [0.05, 0.1) is 22.0 Å². The van der Waals surface area contributed by atoms with Gasteiger partial charge in [-0.1, -0.05) is 18.2 Å². The highest BCUT2D eigenvalue weighted by molar-refractivity contribution is 7.89. The van der Waals surface area contributed by atoms with Gasteiger partial charge in [-0.3, -0.25) is 0 Å². The van der Waals surface area contributed by atoms with Gasteiger partial charge in [0, 0.05) is 17.3 Å². The molecule has 1 aromatic heterocycles. The molecule has 4 rings (SSSR count). The first-order valence-corrected chi connectivity index (χ1v) is 10.6. The van der Waals surface area contributed by atoms with Gasteiger partial charge >= 0.3 is 0 Å². The standard InChI is InChI=1S/C22H17N5O2S/c1-14-2-3-15(12-23)10-20(14)16-4-5-17-13-25-22(27-21(17)11-16)26-18-6-8-19(9-7-18)30(24,28)29/h2-11,13H,1H3,(H2,24,28,29)(H,25,26,27). The zero-order chi connectivity index (χ0) is 21.3. The fraction of sp³-hybridized carbons (Fsp3) is 0.0455. The van der Waals surface area contributed by atoms with E-state index in [0.29, 0.717) is 17.2 Å². The third kappa shape index (κ3) is 3.98. The predicted octanol–water partition coefficient (Wildman–Crippen LogP) is 3.87. The van der Waals surface area contributed by atoms with Crippen LogP contribution in [-0.2, 0) is 10.0 Å². The van der Waals surface area contributed by atoms with Crippen LogP contribution in [-0.4, -0.2) is 18.4 Å². The second-order valence-electron chi connectivity index (χ2n) is 6.80. The number of primary sulfonamides is 1. The Labute approximate surface area is 173 Å². The van der Waals surface area contributed by atoms with E-state index in [2.05, 4.69) is 21.4 Å². The van der Waals surface area contributed by atoms with E-state index in [1.807, 2.05) is 37.3 Å². The molecule has 0 bridgehead atoms. The van der Waals surface area contributed by atoms with Crippen LogP contribution in [0, 0.1) is 18.3 Å². The Morgan fingerprint density at radius 2 is 1.80 bits per heavy atom. The first-order valence-electron chi connectivity index (χ1n) is 9.01. The van der Waals surface area contributed by atoms with Crippen molar-refractivity contribution >= 4 is 32.6 Å². The first-order chi connectivity index (χ1) is 14.3. The largest absolute Gasteiger partial charge is 0.324 e. The summed E-state index contributed by atoms with van der Waals surface area (Å²) in [7, 11) is -3.74. The fourth-order valence-electron chi connectivity index (χ4n) is 3.11. The summed E-state index contributed by atoms with van der Waals surface area (Å²) in [6, 6.07) is 19.7. The van der Waals surface area contributed by atoms with Crippen LogP contribution in [0.1, 0.15) is 11.1 Å². The van der Waals surface area contributed by atoms with Crippen LogP contribution in [0.2, 0.25) is 0 Å². The van der Waals surface area contributed by atoms with Gasteiger partial charge in [-0.05, 0) is 66.1 Å². The number of anilines is 2. The molecule has 148 valence electrons. The molecule has 3 aromatic carbocycles. The third-order valence-electron chi connectivity index (χ3n) is 4.70. The normalized spacial score (nSPS) is 11.2. The number of aryl methyl sites for hydroxylation is 1. The molecule has 0 unspecified atom stereocenters. The number of fused-ring (bicyclic) bond motifs is 1. The highest BCUT2D eigenvalue weighted by atomic mass is 32.2. The van der Waals surface area contributed by atoms with Crippen molar-refractivity contribution in [3.05, 3.63) is 78.0 Å². The summed E-state index contributed by atoms with van der Waals surface area (Å²) in [5, 5.41) is 18.3. The van der Waals surface area contributed by atoms with Crippen molar-refractivity contribution in [2.24, 2.45) is 5.14 Å². The minimum absolute atomic E-state index is 0.0343. The molecular weight excluding hydrogens is 398 g/mol. The van der Waals surface area contributed by atoms with Gasteiger partial charge in [0.15, 0.2) is 0 Å². The average molecular weight is 415 g/mol. The second-order valence-corrected chi connectivity index (χ2v) is 8.36. The summed E-state index contributed by atoms with van der Waals surface area (Å²) in [5.74, 6) is 0.380. The molecule has 0 radical (unpaired) electrons. The Bertz CT molecular complexity index is 1410. The zero-order valence-electron chi connectivity index (χ0n) is 16.0. The van der Waals surface area contributed by atoms with Crippen LogP contribution in [0.25, 0.3) is 22.0 Å². The summed E-state index contributed by atoms with van der Waals surface area (Å²) in [5.41, 5.74) is 4.98. The lowest BCUT2D eigenvalue weighted by Gasteiger charge is -2.09. The van der Waals surface area contributed by atoms with Crippen molar-refractivity contribution in [1.82, 2.24) is 9.97 Å². The van der Waals surface area contributed by atoms with E-state index in [1.165, 1.54) is 12.1 Å². The third-order valence-corrected chi connectivity index (χ3v) is 5.63. The van der Waals surface area contributed by atoms with Crippen molar-refractivity contribution in [3.8, 4) is 17.2 Å². The number of sulfonamides is 1. The number of hydrogen-bond donors (Lipinski definition) is 2. The summed E-state index contributed by atoms with van der Waals surface area (Å²) in [6.45, 7) is 2.00. The average Bonchev–Trinajstić information content (AvgIpc) is 2.73. The number of nitrogens with one attached hydrogen (secondary N) is 1. The SMILES string of the molecule is Cc1ccc(C#N)cc1-c1ccc2cnc(Nc3ccc(S(N)(=O)=O)cc3)nc2c1. The molecule has 4 aromatic rings. The number of rotatable bonds is 4. The fourth-order valence-corrected chi connectivity index (χ4v) is 3.63. The van der Waals surface area contributed by atoms with Crippen LogP contribution < -0.4 is 10.5 Å². The van der Waals surface area contributed by atoms with Gasteiger partial charge in [0.1, 0.15) is 0 Å². The minimum atomic E-state index is -3.74. The van der Waals surface area contributed by atoms with Gasteiger partial charge in [0.2, 0.25) is 16.0 Å². The zero-order valence-corrected chi connectivity index (χ0v) is 16.8. The van der Waals surface area contributed by atoms with Gasteiger partial charge < -0.3 is 5.32 Å². The van der Waals surface area contributed by atoms with E-state index >= 15 is 0 Å². The molecule has 0 saturated heterocycles. The predicted molar refractivity (Wildman–Crippen MR) is 116 cm³/mol. The molecule has 0 aliphatic carbocycles. The molecule has 0 aliphatic rings. The highest BCUT2D eigenvalue weighted by Gasteiger charge is 2.09. The van der Waals surface area contributed by atoms with E-state index in [4.69, 9.17) is 5.14 Å². The number of nitrogens with two attached hydrogens (primary N) is 1. The molecule has 0 spiro atoms. The summed E-state index contributed by atoms with van der Waals surface area (Å²) in [4.78, 5) is 8.92. The topological polar surface area (TPSA) is 122 Å². The van der Waals surface area contributed by atoms with Crippen LogP contribution in [0.5, 0.6) is 0 Å². The van der Waals surface area contributed by atoms with Crippen LogP contribution in [0.4, 0.5) is 11.6 Å². The van der Waals surface area contributed by atoms with Gasteiger partial charge in [-0.25, -0.2) is 23.5 Å². The Hall–Kier alpha value is -3.80. The first kappa shape index (κ1) is 19.5. The van der Waals surface area contributed by atoms with Crippen LogP contribution in [0.3, 0.4) is 0 Å². The molecule has 8 heteroatoms. The van der Waals surface area contributed by atoms with Gasteiger partial charge in [-0.2, -0.15) is 5.26 Å². The molecule has 7 nitrogen and oxygen atoms in total. The van der Waals surface area contributed by atoms with E-state index < -0.39 is 10.0 Å². The van der Waals surface area contributed by atoms with Gasteiger partial charge in [0.25, 0.3) is 0 Å². The van der Waals surface area contributed by atoms with Crippen molar-refractivity contribution in [2.45, 2.75) is 11.8 Å². The molecule has 0 atom stereocenters. The van der Waals surface area contributed by atoms with Crippen molar-refractivity contribution in [1.29, 1.82) is 5.26 Å². The van der Waals surface area contributed by atoms with E-state index in [0.717, 1.165) is 27.6 Å². The smallest absolute Gasteiger partial charge is 0.238 e. The number of nitriles is 1. The summed E-state index contributed by atoms with van der Waals surface area (Å²) < 4.78 is 22.8. The molecule has 0 saturated carbocycles.